The minimum Gasteiger partial charge on any atom is -0.329 e. The van der Waals surface area contributed by atoms with Crippen LogP contribution in [0, 0.1) is 19.3 Å². The number of amides is 1. The summed E-state index contributed by atoms with van der Waals surface area (Å²) in [7, 11) is 0. The van der Waals surface area contributed by atoms with Crippen molar-refractivity contribution in [3.8, 4) is 0 Å². The Bertz CT molecular complexity index is 714. The SMILES string of the molecule is Cc1nn(CCN)c(C)c1Sc1ccc(NC(=O)C(C)(C)C)cc1. The van der Waals surface area contributed by atoms with Crippen LogP contribution in [-0.2, 0) is 11.3 Å². The van der Waals surface area contributed by atoms with E-state index in [-0.39, 0.29) is 5.91 Å². The van der Waals surface area contributed by atoms with Gasteiger partial charge in [0.05, 0.1) is 17.1 Å². The minimum absolute atomic E-state index is 0.0117. The number of hydrogen-bond acceptors (Lipinski definition) is 4. The molecule has 0 aliphatic carbocycles. The molecule has 1 aromatic carbocycles. The van der Waals surface area contributed by atoms with E-state index in [1.54, 1.807) is 11.8 Å². The molecule has 130 valence electrons. The molecule has 0 spiro atoms. The number of carbonyl (C=O) groups excluding carboxylic acids is 1. The number of hydrogen-bond donors (Lipinski definition) is 2. The lowest BCUT2D eigenvalue weighted by atomic mass is 9.95. The van der Waals surface area contributed by atoms with Crippen LogP contribution in [0.4, 0.5) is 5.69 Å². The summed E-state index contributed by atoms with van der Waals surface area (Å²) >= 11 is 1.68. The average Bonchev–Trinajstić information content (AvgIpc) is 2.76. The predicted octanol–water partition coefficient (Wildman–Crippen LogP) is 3.59. The van der Waals surface area contributed by atoms with Gasteiger partial charge in [-0.2, -0.15) is 5.10 Å². The number of anilines is 1. The van der Waals surface area contributed by atoms with E-state index in [4.69, 9.17) is 5.73 Å². The van der Waals surface area contributed by atoms with Gasteiger partial charge in [0.25, 0.3) is 0 Å². The molecule has 1 aromatic heterocycles. The van der Waals surface area contributed by atoms with Crippen LogP contribution in [0.1, 0.15) is 32.2 Å². The third-order valence-electron chi connectivity index (χ3n) is 3.67. The second-order valence-corrected chi connectivity index (χ2v) is 7.93. The average molecular weight is 347 g/mol. The topological polar surface area (TPSA) is 72.9 Å². The van der Waals surface area contributed by atoms with Crippen molar-refractivity contribution in [2.45, 2.75) is 51.0 Å². The highest BCUT2D eigenvalue weighted by atomic mass is 32.2. The van der Waals surface area contributed by atoms with Crippen LogP contribution in [0.15, 0.2) is 34.1 Å². The van der Waals surface area contributed by atoms with Crippen molar-refractivity contribution in [1.29, 1.82) is 0 Å². The van der Waals surface area contributed by atoms with Gasteiger partial charge < -0.3 is 11.1 Å². The second kappa shape index (κ2) is 7.40. The summed E-state index contributed by atoms with van der Waals surface area (Å²) in [6.07, 6.45) is 0. The first kappa shape index (κ1) is 18.5. The molecular formula is C18H26N4OS. The molecule has 2 rings (SSSR count). The molecule has 3 N–H and O–H groups in total. The van der Waals surface area contributed by atoms with Crippen molar-refractivity contribution < 1.29 is 4.79 Å². The first-order valence-corrected chi connectivity index (χ1v) is 8.87. The van der Waals surface area contributed by atoms with Crippen molar-refractivity contribution >= 4 is 23.4 Å². The minimum atomic E-state index is -0.404. The van der Waals surface area contributed by atoms with Gasteiger partial charge in [0, 0.05) is 28.2 Å². The zero-order valence-corrected chi connectivity index (χ0v) is 15.8. The molecule has 0 aliphatic rings. The number of benzene rings is 1. The molecule has 0 aliphatic heterocycles. The summed E-state index contributed by atoms with van der Waals surface area (Å²) in [5, 5.41) is 7.48. The molecule has 0 fully saturated rings. The summed E-state index contributed by atoms with van der Waals surface area (Å²) < 4.78 is 1.95. The van der Waals surface area contributed by atoms with Crippen molar-refractivity contribution in [2.24, 2.45) is 11.1 Å². The van der Waals surface area contributed by atoms with Crippen LogP contribution in [-0.4, -0.2) is 22.2 Å². The molecule has 0 radical (unpaired) electrons. The number of nitrogens with two attached hydrogens (primary N) is 1. The molecule has 0 saturated heterocycles. The Morgan fingerprint density at radius 1 is 1.25 bits per heavy atom. The Morgan fingerprint density at radius 3 is 2.42 bits per heavy atom. The fourth-order valence-electron chi connectivity index (χ4n) is 2.21. The van der Waals surface area contributed by atoms with Gasteiger partial charge in [-0.15, -0.1) is 0 Å². The number of aryl methyl sites for hydroxylation is 1. The van der Waals surface area contributed by atoms with E-state index in [1.165, 1.54) is 0 Å². The number of rotatable bonds is 5. The van der Waals surface area contributed by atoms with E-state index in [2.05, 4.69) is 17.3 Å². The molecule has 24 heavy (non-hydrogen) atoms. The Labute approximate surface area is 148 Å². The van der Waals surface area contributed by atoms with Gasteiger partial charge in [-0.05, 0) is 38.1 Å². The van der Waals surface area contributed by atoms with E-state index in [9.17, 15) is 4.79 Å². The summed E-state index contributed by atoms with van der Waals surface area (Å²) in [4.78, 5) is 14.3. The van der Waals surface area contributed by atoms with Crippen molar-refractivity contribution in [2.75, 3.05) is 11.9 Å². The van der Waals surface area contributed by atoms with Gasteiger partial charge in [0.15, 0.2) is 0 Å². The molecule has 6 heteroatoms. The Morgan fingerprint density at radius 2 is 1.88 bits per heavy atom. The number of aromatic nitrogens is 2. The summed E-state index contributed by atoms with van der Waals surface area (Å²) in [6, 6.07) is 7.89. The van der Waals surface area contributed by atoms with Crippen LogP contribution < -0.4 is 11.1 Å². The normalized spacial score (nSPS) is 11.6. The molecule has 2 aromatic rings. The predicted molar refractivity (Wildman–Crippen MR) is 99.4 cm³/mol. The maximum atomic E-state index is 12.0. The van der Waals surface area contributed by atoms with Gasteiger partial charge in [-0.3, -0.25) is 9.48 Å². The van der Waals surface area contributed by atoms with Crippen LogP contribution in [0.25, 0.3) is 0 Å². The van der Waals surface area contributed by atoms with E-state index in [0.29, 0.717) is 6.54 Å². The van der Waals surface area contributed by atoms with Crippen LogP contribution in [0.2, 0.25) is 0 Å². The fraction of sp³-hybridized carbons (Fsp3) is 0.444. The maximum Gasteiger partial charge on any atom is 0.229 e. The molecule has 0 unspecified atom stereocenters. The summed E-state index contributed by atoms with van der Waals surface area (Å²) in [6.45, 7) is 11.1. The van der Waals surface area contributed by atoms with Gasteiger partial charge in [0.2, 0.25) is 5.91 Å². The Kier molecular flexibility index (Phi) is 5.72. The van der Waals surface area contributed by atoms with Crippen molar-refractivity contribution in [1.82, 2.24) is 9.78 Å². The standard InChI is InChI=1S/C18H26N4OS/c1-12-16(13(2)22(21-12)11-10-19)24-15-8-6-14(7-9-15)20-17(23)18(3,4)5/h6-9H,10-11,19H2,1-5H3,(H,20,23). The highest BCUT2D eigenvalue weighted by molar-refractivity contribution is 7.99. The summed E-state index contributed by atoms with van der Waals surface area (Å²) in [5.41, 5.74) is 8.18. The first-order valence-electron chi connectivity index (χ1n) is 8.06. The second-order valence-electron chi connectivity index (χ2n) is 6.84. The zero-order chi connectivity index (χ0) is 17.9. The van der Waals surface area contributed by atoms with Crippen molar-refractivity contribution in [3.05, 3.63) is 35.7 Å². The van der Waals surface area contributed by atoms with Crippen LogP contribution in [0.5, 0.6) is 0 Å². The smallest absolute Gasteiger partial charge is 0.229 e. The number of nitrogens with one attached hydrogen (secondary N) is 1. The van der Waals surface area contributed by atoms with Gasteiger partial charge in [-0.25, -0.2) is 0 Å². The lowest BCUT2D eigenvalue weighted by Gasteiger charge is -2.17. The third-order valence-corrected chi connectivity index (χ3v) is 4.97. The first-order chi connectivity index (χ1) is 11.2. The quantitative estimate of drug-likeness (QED) is 0.868. The Balaban J connectivity index is 2.11. The molecule has 0 atom stereocenters. The van der Waals surface area contributed by atoms with E-state index in [0.717, 1.165) is 33.4 Å². The summed E-state index contributed by atoms with van der Waals surface area (Å²) in [5.74, 6) is 0.0117. The number of carbonyl (C=O) groups is 1. The highest BCUT2D eigenvalue weighted by Crippen LogP contribution is 2.33. The van der Waals surface area contributed by atoms with Crippen molar-refractivity contribution in [3.63, 3.8) is 0 Å². The maximum absolute atomic E-state index is 12.0. The molecule has 1 amide bonds. The zero-order valence-electron chi connectivity index (χ0n) is 15.0. The molecule has 0 saturated carbocycles. The fourth-order valence-corrected chi connectivity index (χ4v) is 3.16. The lowest BCUT2D eigenvalue weighted by Crippen LogP contribution is -2.27. The molecular weight excluding hydrogens is 320 g/mol. The largest absolute Gasteiger partial charge is 0.329 e. The molecule has 5 nitrogen and oxygen atoms in total. The van der Waals surface area contributed by atoms with Gasteiger partial charge in [0.1, 0.15) is 0 Å². The van der Waals surface area contributed by atoms with Gasteiger partial charge >= 0.3 is 0 Å². The van der Waals surface area contributed by atoms with Crippen LogP contribution in [0.3, 0.4) is 0 Å². The third kappa shape index (κ3) is 4.39. The van der Waals surface area contributed by atoms with E-state index < -0.39 is 5.41 Å². The molecule has 1 heterocycles. The number of nitrogens with zero attached hydrogens (tertiary/aromatic N) is 2. The Hall–Kier alpha value is -1.79. The van der Waals surface area contributed by atoms with E-state index >= 15 is 0 Å². The van der Waals surface area contributed by atoms with Crippen LogP contribution >= 0.6 is 11.8 Å². The van der Waals surface area contributed by atoms with E-state index in [1.807, 2.05) is 56.6 Å². The highest BCUT2D eigenvalue weighted by Gasteiger charge is 2.21. The molecule has 0 bridgehead atoms. The monoisotopic (exact) mass is 346 g/mol. The van der Waals surface area contributed by atoms with Gasteiger partial charge in [-0.1, -0.05) is 32.5 Å². The lowest BCUT2D eigenvalue weighted by molar-refractivity contribution is -0.123.